The second-order valence-electron chi connectivity index (χ2n) is 5.73. The first kappa shape index (κ1) is 21.0. The SMILES string of the molecule is O=S(=O)(N1CCC(CNc2ncc(C(F)(F)F)cc2Cl)CC1)C(F)(F)F. The Bertz CT molecular complexity index is 745. The number of nitrogens with one attached hydrogen (secondary N) is 1. The highest BCUT2D eigenvalue weighted by Gasteiger charge is 2.50. The van der Waals surface area contributed by atoms with Gasteiger partial charge in [-0.3, -0.25) is 0 Å². The second kappa shape index (κ2) is 7.39. The van der Waals surface area contributed by atoms with E-state index in [9.17, 15) is 34.8 Å². The molecule has 1 aliphatic rings. The van der Waals surface area contributed by atoms with Crippen molar-refractivity contribution in [2.45, 2.75) is 24.5 Å². The van der Waals surface area contributed by atoms with Crippen LogP contribution in [-0.2, 0) is 16.2 Å². The molecule has 1 N–H and O–H groups in total. The van der Waals surface area contributed by atoms with Crippen molar-refractivity contribution in [1.29, 1.82) is 0 Å². The van der Waals surface area contributed by atoms with Crippen molar-refractivity contribution in [3.63, 3.8) is 0 Å². The van der Waals surface area contributed by atoms with Crippen LogP contribution < -0.4 is 5.32 Å². The van der Waals surface area contributed by atoms with Gasteiger partial charge in [0.15, 0.2) is 0 Å². The van der Waals surface area contributed by atoms with Crippen molar-refractivity contribution in [2.75, 3.05) is 25.0 Å². The van der Waals surface area contributed by atoms with E-state index in [1.54, 1.807) is 0 Å². The van der Waals surface area contributed by atoms with Crippen LogP contribution in [0.1, 0.15) is 18.4 Å². The number of anilines is 1. The molecule has 0 aliphatic carbocycles. The Balaban J connectivity index is 1.91. The van der Waals surface area contributed by atoms with Crippen LogP contribution in [0.2, 0.25) is 5.02 Å². The Hall–Kier alpha value is -1.27. The molecule has 0 aromatic carbocycles. The van der Waals surface area contributed by atoms with Crippen LogP contribution in [0.15, 0.2) is 12.3 Å². The summed E-state index contributed by atoms with van der Waals surface area (Å²) in [7, 11) is -5.34. The summed E-state index contributed by atoms with van der Waals surface area (Å²) in [5, 5.41) is 2.51. The van der Waals surface area contributed by atoms with Gasteiger partial charge in [-0.2, -0.15) is 30.6 Å². The molecule has 148 valence electrons. The van der Waals surface area contributed by atoms with Crippen molar-refractivity contribution in [2.24, 2.45) is 5.92 Å². The van der Waals surface area contributed by atoms with E-state index in [-0.39, 0.29) is 49.2 Å². The average molecular weight is 426 g/mol. The quantitative estimate of drug-likeness (QED) is 0.747. The van der Waals surface area contributed by atoms with E-state index in [1.807, 2.05) is 0 Å². The van der Waals surface area contributed by atoms with E-state index < -0.39 is 27.3 Å². The number of hydrogen-bond donors (Lipinski definition) is 1. The Morgan fingerprint density at radius 2 is 1.77 bits per heavy atom. The highest BCUT2D eigenvalue weighted by Crippen LogP contribution is 2.33. The number of sulfonamides is 1. The van der Waals surface area contributed by atoms with Gasteiger partial charge in [0, 0.05) is 25.8 Å². The van der Waals surface area contributed by atoms with E-state index in [0.717, 1.165) is 6.07 Å². The predicted molar refractivity (Wildman–Crippen MR) is 82.0 cm³/mol. The van der Waals surface area contributed by atoms with E-state index >= 15 is 0 Å². The van der Waals surface area contributed by atoms with Crippen molar-refractivity contribution in [3.05, 3.63) is 22.8 Å². The third kappa shape index (κ3) is 4.71. The highest BCUT2D eigenvalue weighted by atomic mass is 35.5. The maximum atomic E-state index is 12.5. The lowest BCUT2D eigenvalue weighted by Crippen LogP contribution is -2.45. The maximum absolute atomic E-state index is 12.5. The third-order valence-corrected chi connectivity index (χ3v) is 5.85. The smallest absolute Gasteiger partial charge is 0.369 e. The van der Waals surface area contributed by atoms with Crippen LogP contribution in [-0.4, -0.2) is 42.8 Å². The predicted octanol–water partition coefficient (Wildman–Crippen LogP) is 3.73. The zero-order valence-electron chi connectivity index (χ0n) is 13.0. The van der Waals surface area contributed by atoms with Crippen LogP contribution in [0.25, 0.3) is 0 Å². The summed E-state index contributed by atoms with van der Waals surface area (Å²) >= 11 is 5.75. The molecule has 2 rings (SSSR count). The molecular formula is C13H14ClF6N3O2S. The Morgan fingerprint density at radius 1 is 1.19 bits per heavy atom. The highest BCUT2D eigenvalue weighted by molar-refractivity contribution is 7.90. The van der Waals surface area contributed by atoms with Gasteiger partial charge in [-0.05, 0) is 24.8 Å². The molecule has 0 spiro atoms. The van der Waals surface area contributed by atoms with Crippen molar-refractivity contribution in [1.82, 2.24) is 9.29 Å². The standard InChI is InChI=1S/C13H14ClF6N3O2S/c14-10-5-9(12(15,16)17)7-22-11(10)21-6-8-1-3-23(4-2-8)26(24,25)13(18,19)20/h5,7-8H,1-4,6H2,(H,21,22). The number of nitrogens with zero attached hydrogens (tertiary/aromatic N) is 2. The molecule has 1 aromatic heterocycles. The van der Waals surface area contributed by atoms with Gasteiger partial charge in [0.05, 0.1) is 10.6 Å². The summed E-state index contributed by atoms with van der Waals surface area (Å²) in [6.07, 6.45) is -3.63. The summed E-state index contributed by atoms with van der Waals surface area (Å²) in [4.78, 5) is 3.60. The van der Waals surface area contributed by atoms with E-state index in [1.165, 1.54) is 0 Å². The topological polar surface area (TPSA) is 62.3 Å². The molecule has 13 heteroatoms. The van der Waals surface area contributed by atoms with Crippen LogP contribution in [0, 0.1) is 5.92 Å². The third-order valence-electron chi connectivity index (χ3n) is 3.93. The second-order valence-corrected chi connectivity index (χ2v) is 8.06. The number of piperidine rings is 1. The van der Waals surface area contributed by atoms with E-state index in [0.29, 0.717) is 10.5 Å². The number of rotatable bonds is 4. The zero-order chi connectivity index (χ0) is 19.8. The van der Waals surface area contributed by atoms with Gasteiger partial charge in [-0.1, -0.05) is 11.6 Å². The lowest BCUT2D eigenvalue weighted by Gasteiger charge is -2.31. The summed E-state index contributed by atoms with van der Waals surface area (Å²) in [5.74, 6) is -0.153. The van der Waals surface area contributed by atoms with E-state index in [4.69, 9.17) is 11.6 Å². The minimum atomic E-state index is -5.34. The van der Waals surface area contributed by atoms with Crippen LogP contribution in [0.4, 0.5) is 32.2 Å². The lowest BCUT2D eigenvalue weighted by molar-refractivity contribution is -0.137. The molecule has 0 bridgehead atoms. The number of halogens is 7. The largest absolute Gasteiger partial charge is 0.511 e. The van der Waals surface area contributed by atoms with Gasteiger partial charge < -0.3 is 5.32 Å². The molecule has 1 aromatic rings. The fraction of sp³-hybridized carbons (Fsp3) is 0.615. The first-order chi connectivity index (χ1) is 11.8. The summed E-state index contributed by atoms with van der Waals surface area (Å²) in [5.41, 5.74) is -6.34. The number of pyridine rings is 1. The molecular weight excluding hydrogens is 412 g/mol. The lowest BCUT2D eigenvalue weighted by atomic mass is 9.98. The minimum absolute atomic E-state index is 0.0185. The van der Waals surface area contributed by atoms with E-state index in [2.05, 4.69) is 10.3 Å². The first-order valence-electron chi connectivity index (χ1n) is 7.35. The molecule has 26 heavy (non-hydrogen) atoms. The molecule has 1 saturated heterocycles. The summed E-state index contributed by atoms with van der Waals surface area (Å²) in [6.45, 7) is -0.386. The number of hydrogen-bond acceptors (Lipinski definition) is 4. The first-order valence-corrected chi connectivity index (χ1v) is 9.17. The summed E-state index contributed by atoms with van der Waals surface area (Å²) < 4.78 is 98.1. The van der Waals surface area contributed by atoms with Gasteiger partial charge in [-0.25, -0.2) is 13.4 Å². The van der Waals surface area contributed by atoms with Gasteiger partial charge in [-0.15, -0.1) is 0 Å². The van der Waals surface area contributed by atoms with Crippen molar-refractivity contribution < 1.29 is 34.8 Å². The Morgan fingerprint density at radius 3 is 2.23 bits per heavy atom. The molecule has 0 unspecified atom stereocenters. The molecule has 0 atom stereocenters. The Kier molecular flexibility index (Phi) is 5.98. The van der Waals surface area contributed by atoms with Crippen LogP contribution in [0.5, 0.6) is 0 Å². The van der Waals surface area contributed by atoms with Gasteiger partial charge in [0.1, 0.15) is 5.82 Å². The fourth-order valence-electron chi connectivity index (χ4n) is 2.46. The average Bonchev–Trinajstić information content (AvgIpc) is 2.52. The molecule has 2 heterocycles. The molecule has 1 aliphatic heterocycles. The molecule has 5 nitrogen and oxygen atoms in total. The Labute approximate surface area is 150 Å². The van der Waals surface area contributed by atoms with Crippen molar-refractivity contribution in [3.8, 4) is 0 Å². The monoisotopic (exact) mass is 425 g/mol. The maximum Gasteiger partial charge on any atom is 0.511 e. The van der Waals surface area contributed by atoms with Crippen LogP contribution in [0.3, 0.4) is 0 Å². The number of aromatic nitrogens is 1. The summed E-state index contributed by atoms with van der Waals surface area (Å²) in [6, 6.07) is 0.718. The van der Waals surface area contributed by atoms with Crippen LogP contribution >= 0.6 is 11.6 Å². The fourth-order valence-corrected chi connectivity index (χ4v) is 3.68. The molecule has 0 saturated carbocycles. The minimum Gasteiger partial charge on any atom is -0.369 e. The molecule has 0 radical (unpaired) electrons. The van der Waals surface area contributed by atoms with Gasteiger partial charge in [0.25, 0.3) is 0 Å². The van der Waals surface area contributed by atoms with Gasteiger partial charge >= 0.3 is 21.7 Å². The molecule has 0 amide bonds. The van der Waals surface area contributed by atoms with Gasteiger partial charge in [0.2, 0.25) is 0 Å². The molecule has 1 fully saturated rings. The normalized spacial score (nSPS) is 18.1. The number of alkyl halides is 6. The van der Waals surface area contributed by atoms with Crippen molar-refractivity contribution >= 4 is 27.4 Å². The zero-order valence-corrected chi connectivity index (χ0v) is 14.6.